The molecule has 5 nitrogen and oxygen atoms in total. The molecule has 0 aliphatic rings. The fourth-order valence-corrected chi connectivity index (χ4v) is 2.68. The summed E-state index contributed by atoms with van der Waals surface area (Å²) < 4.78 is 5.97. The van der Waals surface area contributed by atoms with Crippen LogP contribution in [-0.4, -0.2) is 9.97 Å². The summed E-state index contributed by atoms with van der Waals surface area (Å²) in [6.45, 7) is 0. The summed E-state index contributed by atoms with van der Waals surface area (Å²) in [6.07, 6.45) is 1.59. The summed E-state index contributed by atoms with van der Waals surface area (Å²) in [5.41, 5.74) is 0.864. The quantitative estimate of drug-likeness (QED) is 0.572. The third kappa shape index (κ3) is 2.27. The van der Waals surface area contributed by atoms with Crippen molar-refractivity contribution < 1.29 is 4.74 Å². The Balaban J connectivity index is 1.93. The largest absolute Gasteiger partial charge is 0.457 e. The number of pyridine rings is 2. The van der Waals surface area contributed by atoms with Crippen molar-refractivity contribution in [2.24, 2.45) is 0 Å². The van der Waals surface area contributed by atoms with Crippen molar-refractivity contribution in [2.45, 2.75) is 0 Å². The number of benzene rings is 2. The minimum atomic E-state index is -0.180. The molecule has 1 N–H and O–H groups in total. The molecule has 4 rings (SSSR count). The Bertz CT molecular complexity index is 1160. The van der Waals surface area contributed by atoms with Crippen molar-refractivity contribution in [3.05, 3.63) is 76.7 Å². The highest BCUT2D eigenvalue weighted by Gasteiger charge is 2.11. The predicted molar refractivity (Wildman–Crippen MR) is 91.1 cm³/mol. The second kappa shape index (κ2) is 5.52. The lowest BCUT2D eigenvalue weighted by Gasteiger charge is -2.10. The summed E-state index contributed by atoms with van der Waals surface area (Å²) in [5, 5.41) is 11.0. The topological polar surface area (TPSA) is 78.8 Å². The molecule has 0 spiro atoms. The number of hydrogen-bond donors (Lipinski definition) is 1. The lowest BCUT2D eigenvalue weighted by molar-refractivity contribution is 0.488. The smallest absolute Gasteiger partial charge is 0.257 e. The number of nitriles is 1. The van der Waals surface area contributed by atoms with Crippen LogP contribution in [0.1, 0.15) is 5.56 Å². The van der Waals surface area contributed by atoms with Crippen molar-refractivity contribution in [1.29, 1.82) is 5.26 Å². The van der Waals surface area contributed by atoms with Crippen LogP contribution < -0.4 is 10.3 Å². The van der Waals surface area contributed by atoms with E-state index in [1.165, 1.54) is 0 Å². The molecule has 0 bridgehead atoms. The summed E-state index contributed by atoms with van der Waals surface area (Å²) in [6, 6.07) is 18.0. The number of nitrogens with one attached hydrogen (secondary N) is 1. The van der Waals surface area contributed by atoms with Crippen LogP contribution in [0.3, 0.4) is 0 Å². The minimum Gasteiger partial charge on any atom is -0.457 e. The number of rotatable bonds is 2. The van der Waals surface area contributed by atoms with E-state index in [9.17, 15) is 4.79 Å². The van der Waals surface area contributed by atoms with E-state index in [0.29, 0.717) is 28.1 Å². The van der Waals surface area contributed by atoms with Crippen molar-refractivity contribution >= 4 is 21.8 Å². The Hall–Kier alpha value is -3.65. The Morgan fingerprint density at radius 3 is 2.50 bits per heavy atom. The lowest BCUT2D eigenvalue weighted by atomic mass is 10.1. The average molecular weight is 313 g/mol. The number of nitrogens with zero attached hydrogens (tertiary/aromatic N) is 2. The maximum Gasteiger partial charge on any atom is 0.257 e. The van der Waals surface area contributed by atoms with E-state index in [0.717, 1.165) is 10.8 Å². The first-order valence-corrected chi connectivity index (χ1v) is 7.34. The van der Waals surface area contributed by atoms with Gasteiger partial charge in [0.25, 0.3) is 5.56 Å². The van der Waals surface area contributed by atoms with E-state index in [-0.39, 0.29) is 5.56 Å². The molecule has 4 aromatic rings. The first-order valence-electron chi connectivity index (χ1n) is 7.34. The monoisotopic (exact) mass is 313 g/mol. The Labute approximate surface area is 136 Å². The van der Waals surface area contributed by atoms with Gasteiger partial charge in [-0.15, -0.1) is 0 Å². The van der Waals surface area contributed by atoms with E-state index in [1.807, 2.05) is 18.2 Å². The van der Waals surface area contributed by atoms with Gasteiger partial charge in [0.15, 0.2) is 0 Å². The van der Waals surface area contributed by atoms with E-state index < -0.39 is 0 Å². The molecule has 0 aliphatic carbocycles. The molecule has 24 heavy (non-hydrogen) atoms. The zero-order chi connectivity index (χ0) is 16.5. The zero-order valence-electron chi connectivity index (χ0n) is 12.5. The summed E-state index contributed by atoms with van der Waals surface area (Å²) in [5.74, 6) is 1.20. The molecule has 0 saturated heterocycles. The molecule has 114 valence electrons. The maximum absolute atomic E-state index is 12.2. The van der Waals surface area contributed by atoms with Gasteiger partial charge in [-0.25, -0.2) is 4.98 Å². The van der Waals surface area contributed by atoms with Gasteiger partial charge in [0.2, 0.25) is 0 Å². The van der Waals surface area contributed by atoms with Crippen LogP contribution in [0.15, 0.2) is 65.6 Å². The van der Waals surface area contributed by atoms with E-state index >= 15 is 0 Å². The standard InChI is InChI=1S/C19H11N3O2/c20-11-12-5-7-13(8-6-12)24-16-9-10-21-18-17(16)14-3-1-2-4-15(14)19(23)22-18/h1-10H,(H,21,22,23). The van der Waals surface area contributed by atoms with Crippen LogP contribution in [-0.2, 0) is 0 Å². The van der Waals surface area contributed by atoms with Gasteiger partial charge in [-0.1, -0.05) is 18.2 Å². The molecule has 2 heterocycles. The van der Waals surface area contributed by atoms with E-state index in [4.69, 9.17) is 10.00 Å². The van der Waals surface area contributed by atoms with Gasteiger partial charge in [-0.2, -0.15) is 5.26 Å². The Kier molecular flexibility index (Phi) is 3.22. The number of fused-ring (bicyclic) bond motifs is 3. The summed E-state index contributed by atoms with van der Waals surface area (Å²) >= 11 is 0. The molecule has 5 heteroatoms. The molecule has 0 aliphatic heterocycles. The highest BCUT2D eigenvalue weighted by atomic mass is 16.5. The van der Waals surface area contributed by atoms with Crippen LogP contribution in [0.25, 0.3) is 21.8 Å². The van der Waals surface area contributed by atoms with Gasteiger partial charge >= 0.3 is 0 Å². The molecule has 0 atom stereocenters. The number of ether oxygens (including phenoxy) is 1. The maximum atomic E-state index is 12.2. The molecule has 2 aromatic carbocycles. The van der Waals surface area contributed by atoms with Crippen LogP contribution in [0, 0.1) is 11.3 Å². The molecule has 0 unspecified atom stereocenters. The fourth-order valence-electron chi connectivity index (χ4n) is 2.68. The molecule has 0 fully saturated rings. The van der Waals surface area contributed by atoms with E-state index in [1.54, 1.807) is 42.6 Å². The van der Waals surface area contributed by atoms with Crippen LogP contribution in [0.2, 0.25) is 0 Å². The van der Waals surface area contributed by atoms with Crippen molar-refractivity contribution in [3.63, 3.8) is 0 Å². The van der Waals surface area contributed by atoms with Gasteiger partial charge in [0.05, 0.1) is 17.0 Å². The fraction of sp³-hybridized carbons (Fsp3) is 0. The molecule has 0 saturated carbocycles. The molecular weight excluding hydrogens is 302 g/mol. The van der Waals surface area contributed by atoms with E-state index in [2.05, 4.69) is 16.0 Å². The first-order chi connectivity index (χ1) is 11.8. The van der Waals surface area contributed by atoms with Crippen LogP contribution in [0.4, 0.5) is 0 Å². The minimum absolute atomic E-state index is 0.180. The Morgan fingerprint density at radius 1 is 1.00 bits per heavy atom. The lowest BCUT2D eigenvalue weighted by Crippen LogP contribution is -2.07. The van der Waals surface area contributed by atoms with Gasteiger partial charge < -0.3 is 9.72 Å². The van der Waals surface area contributed by atoms with Crippen molar-refractivity contribution in [3.8, 4) is 17.6 Å². The zero-order valence-corrected chi connectivity index (χ0v) is 12.5. The third-order valence-corrected chi connectivity index (χ3v) is 3.80. The molecule has 2 aromatic heterocycles. The molecule has 0 radical (unpaired) electrons. The van der Waals surface area contributed by atoms with Gasteiger partial charge in [-0.3, -0.25) is 4.79 Å². The number of aromatic nitrogens is 2. The summed E-state index contributed by atoms with van der Waals surface area (Å²) in [4.78, 5) is 19.2. The SMILES string of the molecule is N#Cc1ccc(Oc2ccnc3[nH]c(=O)c4ccccc4c23)cc1. The van der Waals surface area contributed by atoms with Gasteiger partial charge in [0, 0.05) is 17.0 Å². The molecular formula is C19H11N3O2. The highest BCUT2D eigenvalue weighted by Crippen LogP contribution is 2.32. The number of hydrogen-bond acceptors (Lipinski definition) is 4. The van der Waals surface area contributed by atoms with Crippen molar-refractivity contribution in [1.82, 2.24) is 9.97 Å². The van der Waals surface area contributed by atoms with Gasteiger partial charge in [0.1, 0.15) is 17.1 Å². The van der Waals surface area contributed by atoms with Crippen LogP contribution >= 0.6 is 0 Å². The van der Waals surface area contributed by atoms with Crippen LogP contribution in [0.5, 0.6) is 11.5 Å². The van der Waals surface area contributed by atoms with Gasteiger partial charge in [-0.05, 0) is 36.4 Å². The highest BCUT2D eigenvalue weighted by molar-refractivity contribution is 6.07. The normalized spacial score (nSPS) is 10.6. The second-order valence-corrected chi connectivity index (χ2v) is 5.27. The third-order valence-electron chi connectivity index (χ3n) is 3.80. The number of H-pyrrole nitrogens is 1. The second-order valence-electron chi connectivity index (χ2n) is 5.27. The predicted octanol–water partition coefficient (Wildman–Crippen LogP) is 3.74. The van der Waals surface area contributed by atoms with Crippen molar-refractivity contribution in [2.75, 3.05) is 0 Å². The Morgan fingerprint density at radius 2 is 1.75 bits per heavy atom. The summed E-state index contributed by atoms with van der Waals surface area (Å²) in [7, 11) is 0. The first kappa shape index (κ1) is 14.0. The number of aromatic amines is 1. The molecule has 0 amide bonds. The average Bonchev–Trinajstić information content (AvgIpc) is 2.62.